The molecule has 0 aliphatic carbocycles. The predicted molar refractivity (Wildman–Crippen MR) is 76.6 cm³/mol. The summed E-state index contributed by atoms with van der Waals surface area (Å²) in [4.78, 5) is 25.9. The lowest BCUT2D eigenvalue weighted by atomic mass is 10.1. The quantitative estimate of drug-likeness (QED) is 0.813. The number of rotatable bonds is 3. The normalized spacial score (nSPS) is 10.5. The van der Waals surface area contributed by atoms with Crippen LogP contribution in [0.5, 0.6) is 0 Å². The Morgan fingerprint density at radius 3 is 2.48 bits per heavy atom. The first-order valence-corrected chi connectivity index (χ1v) is 6.37. The number of carboxylic acid groups (broad SMARTS) is 1. The van der Waals surface area contributed by atoms with Crippen LogP contribution < -0.4 is 5.32 Å². The van der Waals surface area contributed by atoms with Crippen molar-refractivity contribution in [2.45, 2.75) is 13.8 Å². The van der Waals surface area contributed by atoms with Gasteiger partial charge in [-0.2, -0.15) is 0 Å². The summed E-state index contributed by atoms with van der Waals surface area (Å²) < 4.78 is 13.2. The van der Waals surface area contributed by atoms with Gasteiger partial charge >= 0.3 is 5.97 Å². The molecule has 0 fully saturated rings. The van der Waals surface area contributed by atoms with Crippen LogP contribution in [-0.4, -0.2) is 22.0 Å². The van der Waals surface area contributed by atoms with Crippen molar-refractivity contribution < 1.29 is 19.1 Å². The summed E-state index contributed by atoms with van der Waals surface area (Å²) in [6.45, 7) is 3.12. The maximum atomic E-state index is 13.2. The van der Waals surface area contributed by atoms with Crippen LogP contribution in [0, 0.1) is 19.7 Å². The van der Waals surface area contributed by atoms with Crippen molar-refractivity contribution in [1.82, 2.24) is 4.98 Å². The van der Waals surface area contributed by atoms with Gasteiger partial charge in [-0.3, -0.25) is 4.79 Å². The number of halogens is 2. The Morgan fingerprint density at radius 1 is 1.29 bits per heavy atom. The molecule has 1 heterocycles. The average Bonchev–Trinajstić information content (AvgIpc) is 2.63. The van der Waals surface area contributed by atoms with Crippen LogP contribution in [0.15, 0.2) is 18.2 Å². The van der Waals surface area contributed by atoms with E-state index in [0.717, 1.165) is 12.1 Å². The van der Waals surface area contributed by atoms with Crippen molar-refractivity contribution in [3.05, 3.63) is 51.6 Å². The molecular formula is C14H12ClFN2O3. The van der Waals surface area contributed by atoms with Gasteiger partial charge < -0.3 is 15.4 Å². The van der Waals surface area contributed by atoms with Crippen molar-refractivity contribution in [3.63, 3.8) is 0 Å². The highest BCUT2D eigenvalue weighted by molar-refractivity contribution is 6.31. The van der Waals surface area contributed by atoms with E-state index in [4.69, 9.17) is 16.7 Å². The van der Waals surface area contributed by atoms with Gasteiger partial charge in [0.25, 0.3) is 5.91 Å². The smallest absolute Gasteiger partial charge is 0.352 e. The van der Waals surface area contributed by atoms with Crippen molar-refractivity contribution in [2.75, 3.05) is 5.32 Å². The van der Waals surface area contributed by atoms with Crippen LogP contribution in [-0.2, 0) is 0 Å². The third-order valence-electron chi connectivity index (χ3n) is 3.00. The molecule has 0 radical (unpaired) electrons. The number of carbonyl (C=O) groups is 2. The van der Waals surface area contributed by atoms with Crippen molar-refractivity contribution in [1.29, 1.82) is 0 Å². The van der Waals surface area contributed by atoms with E-state index in [0.29, 0.717) is 11.3 Å². The highest BCUT2D eigenvalue weighted by atomic mass is 35.5. The Morgan fingerprint density at radius 2 is 1.95 bits per heavy atom. The van der Waals surface area contributed by atoms with E-state index >= 15 is 0 Å². The number of aromatic nitrogens is 1. The molecule has 0 bridgehead atoms. The fourth-order valence-corrected chi connectivity index (χ4v) is 2.35. The van der Waals surface area contributed by atoms with Crippen molar-refractivity contribution in [3.8, 4) is 0 Å². The van der Waals surface area contributed by atoms with Crippen LogP contribution in [0.25, 0.3) is 0 Å². The molecule has 0 spiro atoms. The van der Waals surface area contributed by atoms with Crippen LogP contribution in [0.3, 0.4) is 0 Å². The number of anilines is 1. The summed E-state index contributed by atoms with van der Waals surface area (Å²) in [6, 6.07) is 3.64. The van der Waals surface area contributed by atoms with Gasteiger partial charge in [0.15, 0.2) is 0 Å². The second-order valence-electron chi connectivity index (χ2n) is 4.54. The topological polar surface area (TPSA) is 82.2 Å². The first kappa shape index (κ1) is 15.1. The fourth-order valence-electron chi connectivity index (χ4n) is 2.12. The van der Waals surface area contributed by atoms with E-state index in [1.807, 2.05) is 0 Å². The second-order valence-corrected chi connectivity index (χ2v) is 4.98. The number of H-pyrrole nitrogens is 1. The number of carboxylic acids is 1. The maximum Gasteiger partial charge on any atom is 0.352 e. The SMILES string of the molecule is Cc1[nH]c(C(=O)O)c(C)c1C(=O)Nc1cc(F)cc(Cl)c1. The predicted octanol–water partition coefficient (Wildman–Crippen LogP) is 3.37. The summed E-state index contributed by atoms with van der Waals surface area (Å²) in [5.74, 6) is -2.26. The van der Waals surface area contributed by atoms with E-state index < -0.39 is 17.7 Å². The Hall–Kier alpha value is -2.34. The number of benzene rings is 1. The Labute approximate surface area is 124 Å². The largest absolute Gasteiger partial charge is 0.477 e. The van der Waals surface area contributed by atoms with Gasteiger partial charge in [-0.05, 0) is 37.6 Å². The van der Waals surface area contributed by atoms with E-state index in [1.54, 1.807) is 6.92 Å². The van der Waals surface area contributed by atoms with Crippen LogP contribution >= 0.6 is 11.6 Å². The zero-order valence-electron chi connectivity index (χ0n) is 11.3. The molecule has 3 N–H and O–H groups in total. The van der Waals surface area contributed by atoms with E-state index in [2.05, 4.69) is 10.3 Å². The Bertz CT molecular complexity index is 720. The standard InChI is InChI=1S/C14H12ClFN2O3/c1-6-11(7(2)17-12(6)14(20)21)13(19)18-10-4-8(15)3-9(16)5-10/h3-5,17H,1-2H3,(H,18,19)(H,20,21). The van der Waals surface area contributed by atoms with Crippen LogP contribution in [0.1, 0.15) is 32.1 Å². The molecule has 1 aromatic carbocycles. The minimum Gasteiger partial charge on any atom is -0.477 e. The lowest BCUT2D eigenvalue weighted by molar-refractivity contribution is 0.0690. The molecule has 21 heavy (non-hydrogen) atoms. The number of amides is 1. The lowest BCUT2D eigenvalue weighted by Crippen LogP contribution is -2.14. The Kier molecular flexibility index (Phi) is 3.99. The molecule has 0 atom stereocenters. The summed E-state index contributed by atoms with van der Waals surface area (Å²) >= 11 is 5.71. The minimum atomic E-state index is -1.15. The number of aromatic amines is 1. The molecule has 0 saturated heterocycles. The van der Waals surface area contributed by atoms with E-state index in [9.17, 15) is 14.0 Å². The molecule has 2 aromatic rings. The molecule has 5 nitrogen and oxygen atoms in total. The molecule has 1 amide bonds. The number of nitrogens with one attached hydrogen (secondary N) is 2. The summed E-state index contributed by atoms with van der Waals surface area (Å²) in [5, 5.41) is 11.7. The molecule has 1 aromatic heterocycles. The van der Waals surface area contributed by atoms with Crippen LogP contribution in [0.4, 0.5) is 10.1 Å². The van der Waals surface area contributed by atoms with E-state index in [-0.39, 0.29) is 22.0 Å². The zero-order valence-corrected chi connectivity index (χ0v) is 12.0. The van der Waals surface area contributed by atoms with Gasteiger partial charge in [0.1, 0.15) is 11.5 Å². The van der Waals surface area contributed by atoms with Gasteiger partial charge in [0, 0.05) is 16.4 Å². The third-order valence-corrected chi connectivity index (χ3v) is 3.22. The van der Waals surface area contributed by atoms with E-state index in [1.165, 1.54) is 13.0 Å². The van der Waals surface area contributed by atoms with Gasteiger partial charge in [-0.1, -0.05) is 11.6 Å². The van der Waals surface area contributed by atoms with Gasteiger partial charge in [0.2, 0.25) is 0 Å². The lowest BCUT2D eigenvalue weighted by Gasteiger charge is -2.07. The minimum absolute atomic E-state index is 0.0464. The number of carbonyl (C=O) groups excluding carboxylic acids is 1. The second kappa shape index (κ2) is 5.57. The molecule has 0 saturated carbocycles. The number of aryl methyl sites for hydroxylation is 1. The molecule has 7 heteroatoms. The van der Waals surface area contributed by atoms with Gasteiger partial charge in [0.05, 0.1) is 5.56 Å². The number of aromatic carboxylic acids is 1. The first-order valence-electron chi connectivity index (χ1n) is 5.99. The molecule has 0 unspecified atom stereocenters. The monoisotopic (exact) mass is 310 g/mol. The number of hydrogen-bond donors (Lipinski definition) is 3. The average molecular weight is 311 g/mol. The molecule has 0 aliphatic heterocycles. The van der Waals surface area contributed by atoms with Crippen LogP contribution in [0.2, 0.25) is 5.02 Å². The third kappa shape index (κ3) is 3.05. The number of hydrogen-bond acceptors (Lipinski definition) is 2. The van der Waals surface area contributed by atoms with Gasteiger partial charge in [-0.15, -0.1) is 0 Å². The zero-order chi connectivity index (χ0) is 15.7. The summed E-state index contributed by atoms with van der Waals surface area (Å²) in [6.07, 6.45) is 0. The molecule has 110 valence electrons. The maximum absolute atomic E-state index is 13.2. The highest BCUT2D eigenvalue weighted by Crippen LogP contribution is 2.22. The Balaban J connectivity index is 2.35. The fraction of sp³-hybridized carbons (Fsp3) is 0.143. The molecular weight excluding hydrogens is 299 g/mol. The van der Waals surface area contributed by atoms with Gasteiger partial charge in [-0.25, -0.2) is 9.18 Å². The van der Waals surface area contributed by atoms with Crippen molar-refractivity contribution >= 4 is 29.2 Å². The molecule has 2 rings (SSSR count). The van der Waals surface area contributed by atoms with Crippen molar-refractivity contribution in [2.24, 2.45) is 0 Å². The highest BCUT2D eigenvalue weighted by Gasteiger charge is 2.21. The summed E-state index contributed by atoms with van der Waals surface area (Å²) in [7, 11) is 0. The first-order chi connectivity index (χ1) is 9.79. The summed E-state index contributed by atoms with van der Waals surface area (Å²) in [5.41, 5.74) is 1.11. The molecule has 0 aliphatic rings.